The Morgan fingerprint density at radius 2 is 1.77 bits per heavy atom. The van der Waals surface area contributed by atoms with E-state index in [1.807, 2.05) is 38.1 Å². The molecule has 0 spiro atoms. The summed E-state index contributed by atoms with van der Waals surface area (Å²) >= 11 is 0. The van der Waals surface area contributed by atoms with Crippen molar-refractivity contribution in [3.8, 4) is 5.75 Å². The molecule has 1 fully saturated rings. The van der Waals surface area contributed by atoms with E-state index in [0.717, 1.165) is 17.4 Å². The number of hydrogen-bond acceptors (Lipinski definition) is 7. The minimum absolute atomic E-state index is 0.0998. The van der Waals surface area contributed by atoms with Crippen LogP contribution in [0.1, 0.15) is 25.5 Å². The van der Waals surface area contributed by atoms with Crippen LogP contribution in [0, 0.1) is 16.0 Å². The van der Waals surface area contributed by atoms with Crippen LogP contribution in [-0.4, -0.2) is 51.1 Å². The SMILES string of the molecule is COc1ccc(C(Nc2ccc(S(=O)(=O)N3CCOCC3)cc2[N+](=O)[O-])C(C)C)cc1. The van der Waals surface area contributed by atoms with E-state index in [0.29, 0.717) is 13.2 Å². The average Bonchev–Trinajstić information content (AvgIpc) is 2.77. The van der Waals surface area contributed by atoms with Crippen LogP contribution in [0.15, 0.2) is 47.4 Å². The predicted octanol–water partition coefficient (Wildman–Crippen LogP) is 3.43. The third-order valence-electron chi connectivity index (χ3n) is 5.23. The fourth-order valence-electron chi connectivity index (χ4n) is 3.49. The molecule has 10 heteroatoms. The molecule has 3 rings (SSSR count). The Bertz CT molecular complexity index is 1020. The highest BCUT2D eigenvalue weighted by atomic mass is 32.2. The number of nitrogens with zero attached hydrogens (tertiary/aromatic N) is 2. The first-order valence-electron chi connectivity index (χ1n) is 10.0. The van der Waals surface area contributed by atoms with Gasteiger partial charge in [-0.15, -0.1) is 0 Å². The number of rotatable bonds is 8. The molecule has 1 unspecified atom stereocenters. The van der Waals surface area contributed by atoms with E-state index in [9.17, 15) is 18.5 Å². The molecule has 0 aromatic heterocycles. The van der Waals surface area contributed by atoms with E-state index in [-0.39, 0.29) is 41.3 Å². The van der Waals surface area contributed by atoms with Crippen LogP contribution in [0.2, 0.25) is 0 Å². The minimum atomic E-state index is -3.83. The lowest BCUT2D eigenvalue weighted by molar-refractivity contribution is -0.384. The molecule has 2 aromatic carbocycles. The number of nitrogens with one attached hydrogen (secondary N) is 1. The molecule has 0 saturated carbocycles. The van der Waals surface area contributed by atoms with Crippen molar-refractivity contribution < 1.29 is 22.8 Å². The third kappa shape index (κ3) is 5.15. The van der Waals surface area contributed by atoms with Crippen LogP contribution in [0.4, 0.5) is 11.4 Å². The molecule has 1 aliphatic heterocycles. The van der Waals surface area contributed by atoms with Crippen LogP contribution in [-0.2, 0) is 14.8 Å². The summed E-state index contributed by atoms with van der Waals surface area (Å²) in [5.74, 6) is 0.833. The number of hydrogen-bond donors (Lipinski definition) is 1. The molecule has 31 heavy (non-hydrogen) atoms. The number of sulfonamides is 1. The summed E-state index contributed by atoms with van der Waals surface area (Å²) in [6, 6.07) is 11.2. The zero-order chi connectivity index (χ0) is 22.6. The second-order valence-electron chi connectivity index (χ2n) is 7.59. The van der Waals surface area contributed by atoms with Gasteiger partial charge < -0.3 is 14.8 Å². The standard InChI is InChI=1S/C21H27N3O6S/c1-15(2)21(16-4-6-17(29-3)7-5-16)22-19-9-8-18(14-20(19)24(25)26)31(27,28)23-10-12-30-13-11-23/h4-9,14-15,21-22H,10-13H2,1-3H3. The second-order valence-corrected chi connectivity index (χ2v) is 9.53. The lowest BCUT2D eigenvalue weighted by atomic mass is 9.95. The van der Waals surface area contributed by atoms with E-state index in [1.54, 1.807) is 7.11 Å². The maximum atomic E-state index is 12.9. The number of benzene rings is 2. The summed E-state index contributed by atoms with van der Waals surface area (Å²) in [5.41, 5.74) is 0.920. The highest BCUT2D eigenvalue weighted by Gasteiger charge is 2.29. The quantitative estimate of drug-likeness (QED) is 0.485. The monoisotopic (exact) mass is 449 g/mol. The molecule has 168 valence electrons. The lowest BCUT2D eigenvalue weighted by Crippen LogP contribution is -2.40. The Labute approximate surface area is 182 Å². The fraction of sp³-hybridized carbons (Fsp3) is 0.429. The zero-order valence-corrected chi connectivity index (χ0v) is 18.6. The Kier molecular flexibility index (Phi) is 7.14. The van der Waals surface area contributed by atoms with Gasteiger partial charge in [0.15, 0.2) is 0 Å². The molecule has 0 radical (unpaired) electrons. The van der Waals surface area contributed by atoms with Crippen LogP contribution < -0.4 is 10.1 Å². The van der Waals surface area contributed by atoms with Gasteiger partial charge >= 0.3 is 0 Å². The topological polar surface area (TPSA) is 111 Å². The first-order chi connectivity index (χ1) is 14.7. The summed E-state index contributed by atoms with van der Waals surface area (Å²) in [6.07, 6.45) is 0. The molecule has 0 bridgehead atoms. The van der Waals surface area contributed by atoms with Crippen molar-refractivity contribution >= 4 is 21.4 Å². The third-order valence-corrected chi connectivity index (χ3v) is 7.12. The number of morpholine rings is 1. The second kappa shape index (κ2) is 9.63. The minimum Gasteiger partial charge on any atom is -0.497 e. The van der Waals surface area contributed by atoms with Gasteiger partial charge in [-0.25, -0.2) is 8.42 Å². The van der Waals surface area contributed by atoms with Gasteiger partial charge in [0.25, 0.3) is 5.69 Å². The van der Waals surface area contributed by atoms with E-state index >= 15 is 0 Å². The normalized spacial score (nSPS) is 16.1. The van der Waals surface area contributed by atoms with Crippen molar-refractivity contribution in [3.05, 3.63) is 58.1 Å². The van der Waals surface area contributed by atoms with Gasteiger partial charge in [-0.05, 0) is 35.7 Å². The Hall–Kier alpha value is -2.69. The van der Waals surface area contributed by atoms with Crippen molar-refractivity contribution in [1.29, 1.82) is 0 Å². The number of nitro benzene ring substituents is 1. The molecule has 0 amide bonds. The van der Waals surface area contributed by atoms with Crippen molar-refractivity contribution in [2.45, 2.75) is 24.8 Å². The Morgan fingerprint density at radius 1 is 1.13 bits per heavy atom. The molecule has 1 N–H and O–H groups in total. The maximum absolute atomic E-state index is 12.9. The van der Waals surface area contributed by atoms with Crippen molar-refractivity contribution in [1.82, 2.24) is 4.31 Å². The largest absolute Gasteiger partial charge is 0.497 e. The first kappa shape index (κ1) is 23.0. The summed E-state index contributed by atoms with van der Waals surface area (Å²) in [4.78, 5) is 11.1. The van der Waals surface area contributed by atoms with E-state index < -0.39 is 14.9 Å². The molecule has 1 heterocycles. The fourth-order valence-corrected chi connectivity index (χ4v) is 4.92. The average molecular weight is 450 g/mol. The molecule has 1 aliphatic rings. The van der Waals surface area contributed by atoms with Crippen LogP contribution in [0.25, 0.3) is 0 Å². The van der Waals surface area contributed by atoms with Crippen LogP contribution in [0.5, 0.6) is 5.75 Å². The van der Waals surface area contributed by atoms with Crippen molar-refractivity contribution in [2.75, 3.05) is 38.7 Å². The summed E-state index contributed by atoms with van der Waals surface area (Å²) in [6.45, 7) is 5.07. The number of anilines is 1. The van der Waals surface area contributed by atoms with Crippen LogP contribution >= 0.6 is 0 Å². The molecular formula is C21H27N3O6S. The smallest absolute Gasteiger partial charge is 0.293 e. The van der Waals surface area contributed by atoms with Gasteiger partial charge in [-0.2, -0.15) is 4.31 Å². The van der Waals surface area contributed by atoms with Gasteiger partial charge in [0.1, 0.15) is 11.4 Å². The molecule has 1 atom stereocenters. The predicted molar refractivity (Wildman–Crippen MR) is 117 cm³/mol. The molecule has 9 nitrogen and oxygen atoms in total. The summed E-state index contributed by atoms with van der Waals surface area (Å²) in [5, 5.41) is 15.0. The molecule has 2 aromatic rings. The van der Waals surface area contributed by atoms with Crippen LogP contribution in [0.3, 0.4) is 0 Å². The van der Waals surface area contributed by atoms with Gasteiger partial charge in [0.05, 0.1) is 36.2 Å². The van der Waals surface area contributed by atoms with Crippen molar-refractivity contribution in [2.24, 2.45) is 5.92 Å². The number of methoxy groups -OCH3 is 1. The highest BCUT2D eigenvalue weighted by molar-refractivity contribution is 7.89. The van der Waals surface area contributed by atoms with Gasteiger partial charge in [0.2, 0.25) is 10.0 Å². The number of nitro groups is 1. The summed E-state index contributed by atoms with van der Waals surface area (Å²) in [7, 11) is -2.25. The maximum Gasteiger partial charge on any atom is 0.293 e. The van der Waals surface area contributed by atoms with Crippen molar-refractivity contribution in [3.63, 3.8) is 0 Å². The van der Waals surface area contributed by atoms with Gasteiger partial charge in [-0.3, -0.25) is 10.1 Å². The molecular weight excluding hydrogens is 422 g/mol. The Morgan fingerprint density at radius 3 is 2.32 bits per heavy atom. The summed E-state index contributed by atoms with van der Waals surface area (Å²) < 4.78 is 37.5. The van der Waals surface area contributed by atoms with Gasteiger partial charge in [-0.1, -0.05) is 26.0 Å². The highest BCUT2D eigenvalue weighted by Crippen LogP contribution is 2.34. The number of ether oxygens (including phenoxy) is 2. The first-order valence-corrected chi connectivity index (χ1v) is 11.4. The lowest BCUT2D eigenvalue weighted by Gasteiger charge is -2.26. The zero-order valence-electron chi connectivity index (χ0n) is 17.8. The Balaban J connectivity index is 1.93. The van der Waals surface area contributed by atoms with Gasteiger partial charge in [0, 0.05) is 19.2 Å². The van der Waals surface area contributed by atoms with E-state index in [2.05, 4.69) is 5.32 Å². The van der Waals surface area contributed by atoms with E-state index in [1.165, 1.54) is 16.4 Å². The molecule has 0 aliphatic carbocycles. The van der Waals surface area contributed by atoms with E-state index in [4.69, 9.17) is 9.47 Å². The molecule has 1 saturated heterocycles.